The Balaban J connectivity index is 1.56. The molecule has 0 fully saturated rings. The van der Waals surface area contributed by atoms with Crippen LogP contribution in [0.2, 0.25) is 5.02 Å². The number of aromatic nitrogens is 2. The highest BCUT2D eigenvalue weighted by molar-refractivity contribution is 6.31. The third kappa shape index (κ3) is 4.21. The van der Waals surface area contributed by atoms with Gasteiger partial charge in [0.05, 0.1) is 12.2 Å². The predicted molar refractivity (Wildman–Crippen MR) is 137 cm³/mol. The molecule has 1 aliphatic rings. The van der Waals surface area contributed by atoms with Gasteiger partial charge in [0.15, 0.2) is 0 Å². The summed E-state index contributed by atoms with van der Waals surface area (Å²) in [6.45, 7) is 4.23. The second-order valence-electron chi connectivity index (χ2n) is 8.95. The molecule has 0 bridgehead atoms. The molecule has 7 heteroatoms. The minimum absolute atomic E-state index is 0.201. The highest BCUT2D eigenvalue weighted by atomic mass is 35.5. The van der Waals surface area contributed by atoms with Gasteiger partial charge in [-0.1, -0.05) is 78.3 Å². The average molecular weight is 485 g/mol. The van der Waals surface area contributed by atoms with Crippen molar-refractivity contribution in [1.82, 2.24) is 15.1 Å². The Labute approximate surface area is 209 Å². The Morgan fingerprint density at radius 1 is 1.03 bits per heavy atom. The highest BCUT2D eigenvalue weighted by Gasteiger charge is 2.49. The Morgan fingerprint density at radius 2 is 1.71 bits per heavy atom. The number of carbonyl (C=O) groups excluding carboxylic acids is 2. The van der Waals surface area contributed by atoms with Crippen LogP contribution in [0.3, 0.4) is 0 Å². The lowest BCUT2D eigenvalue weighted by molar-refractivity contribution is -0.126. The molecule has 2 heterocycles. The number of fused-ring (bicyclic) bond motifs is 1. The van der Waals surface area contributed by atoms with Crippen LogP contribution in [0.1, 0.15) is 28.5 Å². The molecule has 2 amide bonds. The molecule has 6 nitrogen and oxygen atoms in total. The smallest absolute Gasteiger partial charge is 0.277 e. The fourth-order valence-electron chi connectivity index (χ4n) is 4.43. The van der Waals surface area contributed by atoms with Crippen molar-refractivity contribution >= 4 is 29.1 Å². The summed E-state index contributed by atoms with van der Waals surface area (Å²) in [4.78, 5) is 29.1. The van der Waals surface area contributed by atoms with Crippen molar-refractivity contribution in [3.05, 3.63) is 107 Å². The van der Waals surface area contributed by atoms with Gasteiger partial charge in [0.25, 0.3) is 5.91 Å². The largest absolute Gasteiger partial charge is 0.350 e. The third-order valence-electron chi connectivity index (χ3n) is 6.42. The molecule has 1 aromatic heterocycles. The zero-order valence-corrected chi connectivity index (χ0v) is 20.3. The summed E-state index contributed by atoms with van der Waals surface area (Å²) >= 11 is 6.42. The lowest BCUT2D eigenvalue weighted by Crippen LogP contribution is -2.64. The molecule has 0 aliphatic carbocycles. The van der Waals surface area contributed by atoms with Crippen molar-refractivity contribution in [3.63, 3.8) is 0 Å². The van der Waals surface area contributed by atoms with E-state index in [0.717, 1.165) is 16.7 Å². The van der Waals surface area contributed by atoms with Crippen molar-refractivity contribution in [3.8, 4) is 11.3 Å². The standard InChI is InChI=1S/C28H25ClN4O2/c1-19-13-14-22(15-23(19)29)33-26(34)25-16-24(21-11-7-4-8-12-21)31-32(25)18-28(33,2)27(35)30-17-20-9-5-3-6-10-20/h3-16H,17-18H2,1-2H3,(H,30,35). The molecule has 3 aromatic carbocycles. The van der Waals surface area contributed by atoms with Gasteiger partial charge in [-0.25, -0.2) is 0 Å². The number of halogens is 1. The monoisotopic (exact) mass is 484 g/mol. The van der Waals surface area contributed by atoms with Crippen LogP contribution in [0.4, 0.5) is 5.69 Å². The second-order valence-corrected chi connectivity index (χ2v) is 9.36. The molecule has 1 unspecified atom stereocenters. The van der Waals surface area contributed by atoms with Crippen LogP contribution in [0, 0.1) is 6.92 Å². The van der Waals surface area contributed by atoms with Gasteiger partial charge >= 0.3 is 0 Å². The van der Waals surface area contributed by atoms with E-state index in [2.05, 4.69) is 5.32 Å². The third-order valence-corrected chi connectivity index (χ3v) is 6.83. The van der Waals surface area contributed by atoms with Gasteiger partial charge in [-0.3, -0.25) is 19.2 Å². The van der Waals surface area contributed by atoms with E-state index in [-0.39, 0.29) is 18.4 Å². The van der Waals surface area contributed by atoms with Crippen LogP contribution in [0.5, 0.6) is 0 Å². The first-order valence-corrected chi connectivity index (χ1v) is 11.8. The van der Waals surface area contributed by atoms with Crippen LogP contribution in [-0.4, -0.2) is 27.1 Å². The SMILES string of the molecule is Cc1ccc(N2C(=O)c3cc(-c4ccccc4)nn3CC2(C)C(=O)NCc2ccccc2)cc1Cl. The molecule has 5 rings (SSSR count). The Hall–Kier alpha value is -3.90. The van der Waals surface area contributed by atoms with E-state index in [1.807, 2.05) is 79.7 Å². The van der Waals surface area contributed by atoms with Crippen LogP contribution in [0.15, 0.2) is 84.9 Å². The molecule has 0 spiro atoms. The van der Waals surface area contributed by atoms with Crippen LogP contribution in [0.25, 0.3) is 11.3 Å². The summed E-state index contributed by atoms with van der Waals surface area (Å²) < 4.78 is 1.64. The van der Waals surface area contributed by atoms with Gasteiger partial charge in [-0.2, -0.15) is 5.10 Å². The van der Waals surface area contributed by atoms with Gasteiger partial charge in [-0.05, 0) is 43.2 Å². The number of amides is 2. The maximum absolute atomic E-state index is 13.9. The Morgan fingerprint density at radius 3 is 2.40 bits per heavy atom. The van der Waals surface area contributed by atoms with Gasteiger partial charge in [0, 0.05) is 22.8 Å². The fraction of sp³-hybridized carbons (Fsp3) is 0.179. The number of aryl methyl sites for hydroxylation is 1. The summed E-state index contributed by atoms with van der Waals surface area (Å²) in [5.74, 6) is -0.572. The molecule has 4 aromatic rings. The van der Waals surface area contributed by atoms with E-state index >= 15 is 0 Å². The van der Waals surface area contributed by atoms with E-state index in [1.54, 1.807) is 28.6 Å². The maximum Gasteiger partial charge on any atom is 0.277 e. The summed E-state index contributed by atoms with van der Waals surface area (Å²) in [6.07, 6.45) is 0. The van der Waals surface area contributed by atoms with Crippen molar-refractivity contribution in [2.24, 2.45) is 0 Å². The molecule has 1 N–H and O–H groups in total. The normalized spacial score (nSPS) is 17.2. The van der Waals surface area contributed by atoms with Crippen LogP contribution in [-0.2, 0) is 17.9 Å². The van der Waals surface area contributed by atoms with Crippen molar-refractivity contribution in [2.45, 2.75) is 32.5 Å². The maximum atomic E-state index is 13.9. The van der Waals surface area contributed by atoms with Crippen molar-refractivity contribution in [2.75, 3.05) is 4.90 Å². The number of nitrogens with one attached hydrogen (secondary N) is 1. The number of anilines is 1. The van der Waals surface area contributed by atoms with Crippen LogP contribution >= 0.6 is 11.6 Å². The van der Waals surface area contributed by atoms with Crippen LogP contribution < -0.4 is 10.2 Å². The first kappa shape index (κ1) is 22.9. The first-order valence-electron chi connectivity index (χ1n) is 11.4. The number of nitrogens with zero attached hydrogens (tertiary/aromatic N) is 3. The van der Waals surface area contributed by atoms with E-state index in [4.69, 9.17) is 16.7 Å². The quantitative estimate of drug-likeness (QED) is 0.421. The van der Waals surface area contributed by atoms with Gasteiger partial charge in [-0.15, -0.1) is 0 Å². The van der Waals surface area contributed by atoms with E-state index in [9.17, 15) is 9.59 Å². The summed E-state index contributed by atoms with van der Waals surface area (Å²) in [7, 11) is 0. The Bertz CT molecular complexity index is 1400. The summed E-state index contributed by atoms with van der Waals surface area (Å²) in [5, 5.41) is 8.24. The van der Waals surface area contributed by atoms with E-state index in [0.29, 0.717) is 28.6 Å². The minimum Gasteiger partial charge on any atom is -0.350 e. The van der Waals surface area contributed by atoms with Gasteiger partial charge in [0.2, 0.25) is 5.91 Å². The first-order chi connectivity index (χ1) is 16.9. The zero-order valence-electron chi connectivity index (χ0n) is 19.5. The van der Waals surface area contributed by atoms with Crippen molar-refractivity contribution in [1.29, 1.82) is 0 Å². The van der Waals surface area contributed by atoms with E-state index < -0.39 is 5.54 Å². The molecule has 1 aliphatic heterocycles. The second kappa shape index (κ2) is 9.04. The molecule has 1 atom stereocenters. The molecule has 35 heavy (non-hydrogen) atoms. The number of carbonyl (C=O) groups is 2. The minimum atomic E-state index is -1.22. The topological polar surface area (TPSA) is 67.2 Å². The molecule has 176 valence electrons. The molecule has 0 saturated carbocycles. The molecule has 0 saturated heterocycles. The summed E-state index contributed by atoms with van der Waals surface area (Å²) in [5.41, 5.74) is 3.23. The molecular formula is C28H25ClN4O2. The lowest BCUT2D eigenvalue weighted by atomic mass is 9.93. The average Bonchev–Trinajstić information content (AvgIpc) is 3.30. The van der Waals surface area contributed by atoms with E-state index in [1.165, 1.54) is 0 Å². The number of hydrogen-bond acceptors (Lipinski definition) is 3. The number of hydrogen-bond donors (Lipinski definition) is 1. The predicted octanol–water partition coefficient (Wildman–Crippen LogP) is 5.25. The number of benzene rings is 3. The van der Waals surface area contributed by atoms with Gasteiger partial charge < -0.3 is 5.32 Å². The highest BCUT2D eigenvalue weighted by Crippen LogP contribution is 2.35. The fourth-order valence-corrected chi connectivity index (χ4v) is 4.60. The number of rotatable bonds is 5. The summed E-state index contributed by atoms with van der Waals surface area (Å²) in [6, 6.07) is 26.6. The van der Waals surface area contributed by atoms with Crippen molar-refractivity contribution < 1.29 is 9.59 Å². The lowest BCUT2D eigenvalue weighted by Gasteiger charge is -2.43. The molecular weight excluding hydrogens is 460 g/mol. The van der Waals surface area contributed by atoms with Gasteiger partial charge in [0.1, 0.15) is 11.2 Å². The molecule has 0 radical (unpaired) electrons. The Kier molecular flexibility index (Phi) is 5.91. The zero-order chi connectivity index (χ0) is 24.6.